The lowest BCUT2D eigenvalue weighted by molar-refractivity contribution is 0.680. The van der Waals surface area contributed by atoms with Crippen LogP contribution in [0.3, 0.4) is 0 Å². The smallest absolute Gasteiger partial charge is 0.0934 e. The maximum Gasteiger partial charge on any atom is 0.0934 e. The minimum Gasteiger partial charge on any atom is -0.399 e. The molecule has 2 nitrogen and oxygen atoms in total. The second kappa shape index (κ2) is 5.33. The molecule has 0 unspecified atom stereocenters. The summed E-state index contributed by atoms with van der Waals surface area (Å²) in [4.78, 5) is 6.33. The van der Waals surface area contributed by atoms with Gasteiger partial charge in [0.05, 0.1) is 10.7 Å². The Balaban J connectivity index is 1.68. The number of hydrogen-bond acceptors (Lipinski definition) is 3. The lowest BCUT2D eigenvalue weighted by Gasteiger charge is -2.06. The molecule has 3 rings (SSSR count). The monoisotopic (exact) mass is 272 g/mol. The molecule has 1 aromatic heterocycles. The fraction of sp³-hybridized carbons (Fsp3) is 0.438. The molecule has 0 fully saturated rings. The van der Waals surface area contributed by atoms with E-state index < -0.39 is 0 Å². The van der Waals surface area contributed by atoms with Crippen molar-refractivity contribution in [2.24, 2.45) is 0 Å². The van der Waals surface area contributed by atoms with E-state index in [1.807, 2.05) is 18.3 Å². The zero-order valence-electron chi connectivity index (χ0n) is 11.4. The van der Waals surface area contributed by atoms with Crippen LogP contribution in [0.2, 0.25) is 0 Å². The first-order valence-electron chi connectivity index (χ1n) is 7.05. The van der Waals surface area contributed by atoms with Crippen molar-refractivity contribution in [3.8, 4) is 0 Å². The average Bonchev–Trinajstić information content (AvgIpc) is 2.83. The average molecular weight is 272 g/mol. The summed E-state index contributed by atoms with van der Waals surface area (Å²) in [5, 5.41) is 1.30. The molecule has 1 heterocycles. The molecular formula is C16H20N2S. The summed E-state index contributed by atoms with van der Waals surface area (Å²) in [7, 11) is 0. The van der Waals surface area contributed by atoms with Crippen molar-refractivity contribution in [1.29, 1.82) is 0 Å². The molecule has 0 atom stereocenters. The third kappa shape index (κ3) is 2.81. The van der Waals surface area contributed by atoms with Gasteiger partial charge in [-0.05, 0) is 56.2 Å². The molecule has 2 aromatic rings. The summed E-state index contributed by atoms with van der Waals surface area (Å²) in [5.74, 6) is 0. The Labute approximate surface area is 118 Å². The molecular weight excluding hydrogens is 252 g/mol. The number of rotatable bonds is 3. The first kappa shape index (κ1) is 12.7. The molecule has 0 radical (unpaired) electrons. The summed E-state index contributed by atoms with van der Waals surface area (Å²) < 4.78 is 0. The second-order valence-corrected chi connectivity index (χ2v) is 6.54. The van der Waals surface area contributed by atoms with Crippen molar-refractivity contribution in [2.45, 2.75) is 45.4 Å². The Morgan fingerprint density at radius 2 is 2.05 bits per heavy atom. The van der Waals surface area contributed by atoms with E-state index in [2.05, 4.69) is 18.2 Å². The molecule has 0 saturated carbocycles. The van der Waals surface area contributed by atoms with Gasteiger partial charge in [-0.25, -0.2) is 4.98 Å². The van der Waals surface area contributed by atoms with Gasteiger partial charge in [-0.2, -0.15) is 0 Å². The number of aryl methyl sites for hydroxylation is 5. The summed E-state index contributed by atoms with van der Waals surface area (Å²) in [6.45, 7) is 2.05. The van der Waals surface area contributed by atoms with Crippen LogP contribution in [0.15, 0.2) is 18.2 Å². The van der Waals surface area contributed by atoms with E-state index in [4.69, 9.17) is 10.7 Å². The molecule has 1 aliphatic carbocycles. The zero-order valence-corrected chi connectivity index (χ0v) is 12.2. The summed E-state index contributed by atoms with van der Waals surface area (Å²) in [6.07, 6.45) is 7.15. The topological polar surface area (TPSA) is 38.9 Å². The van der Waals surface area contributed by atoms with Crippen LogP contribution in [-0.2, 0) is 25.7 Å². The van der Waals surface area contributed by atoms with Gasteiger partial charge in [0, 0.05) is 17.0 Å². The van der Waals surface area contributed by atoms with E-state index in [1.165, 1.54) is 46.8 Å². The number of thiazole rings is 1. The Kier molecular flexibility index (Phi) is 3.56. The molecule has 3 heteroatoms. The fourth-order valence-electron chi connectivity index (χ4n) is 2.61. The van der Waals surface area contributed by atoms with E-state index in [0.717, 1.165) is 24.1 Å². The second-order valence-electron chi connectivity index (χ2n) is 5.38. The van der Waals surface area contributed by atoms with Crippen molar-refractivity contribution in [3.05, 3.63) is 44.9 Å². The van der Waals surface area contributed by atoms with E-state index in [0.29, 0.717) is 0 Å². The van der Waals surface area contributed by atoms with Gasteiger partial charge in [0.2, 0.25) is 0 Å². The molecule has 19 heavy (non-hydrogen) atoms. The fourth-order valence-corrected chi connectivity index (χ4v) is 3.77. The molecule has 0 bridgehead atoms. The molecule has 1 aromatic carbocycles. The predicted octanol–water partition coefficient (Wildman–Crippen LogP) is 3.70. The Bertz CT molecular complexity index is 563. The van der Waals surface area contributed by atoms with Gasteiger partial charge >= 0.3 is 0 Å². The molecule has 2 N–H and O–H groups in total. The lowest BCUT2D eigenvalue weighted by atomic mass is 10.0. The van der Waals surface area contributed by atoms with Crippen LogP contribution in [0, 0.1) is 6.92 Å². The van der Waals surface area contributed by atoms with Crippen LogP contribution in [0.4, 0.5) is 5.69 Å². The minimum absolute atomic E-state index is 0.899. The first-order chi connectivity index (χ1) is 9.22. The largest absolute Gasteiger partial charge is 0.399 e. The van der Waals surface area contributed by atoms with Crippen LogP contribution >= 0.6 is 11.3 Å². The van der Waals surface area contributed by atoms with Gasteiger partial charge in [-0.1, -0.05) is 12.1 Å². The van der Waals surface area contributed by atoms with E-state index in [9.17, 15) is 0 Å². The number of aromatic nitrogens is 1. The highest BCUT2D eigenvalue weighted by Gasteiger charge is 2.14. The van der Waals surface area contributed by atoms with E-state index in [1.54, 1.807) is 0 Å². The number of hydrogen-bond donors (Lipinski definition) is 1. The summed E-state index contributed by atoms with van der Waals surface area (Å²) in [6, 6.07) is 6.39. The molecule has 0 aliphatic heterocycles. The van der Waals surface area contributed by atoms with Crippen molar-refractivity contribution in [3.63, 3.8) is 0 Å². The van der Waals surface area contributed by atoms with Gasteiger partial charge in [0.1, 0.15) is 0 Å². The van der Waals surface area contributed by atoms with Crippen LogP contribution in [-0.4, -0.2) is 4.98 Å². The Hall–Kier alpha value is -1.35. The van der Waals surface area contributed by atoms with Gasteiger partial charge in [0.15, 0.2) is 0 Å². The maximum absolute atomic E-state index is 5.96. The van der Waals surface area contributed by atoms with Crippen molar-refractivity contribution in [1.82, 2.24) is 4.98 Å². The number of fused-ring (bicyclic) bond motifs is 1. The van der Waals surface area contributed by atoms with E-state index in [-0.39, 0.29) is 0 Å². The van der Waals surface area contributed by atoms with Gasteiger partial charge in [0.25, 0.3) is 0 Å². The highest BCUT2D eigenvalue weighted by atomic mass is 32.1. The molecule has 100 valence electrons. The number of nitrogens with two attached hydrogens (primary N) is 1. The molecule has 0 spiro atoms. The van der Waals surface area contributed by atoms with Gasteiger partial charge in [-0.15, -0.1) is 11.3 Å². The van der Waals surface area contributed by atoms with Gasteiger partial charge < -0.3 is 5.73 Å². The number of anilines is 1. The lowest BCUT2D eigenvalue weighted by Crippen LogP contribution is -1.99. The number of nitrogens with zero attached hydrogens (tertiary/aromatic N) is 1. The quantitative estimate of drug-likeness (QED) is 0.865. The SMILES string of the molecule is Cc1ccc(CCc2nc3c(s2)CCCC3)cc1N. The minimum atomic E-state index is 0.899. The van der Waals surface area contributed by atoms with Crippen molar-refractivity contribution < 1.29 is 0 Å². The van der Waals surface area contributed by atoms with E-state index >= 15 is 0 Å². The molecule has 0 amide bonds. The molecule has 0 saturated heterocycles. The first-order valence-corrected chi connectivity index (χ1v) is 7.86. The third-order valence-electron chi connectivity index (χ3n) is 3.86. The Morgan fingerprint density at radius 1 is 1.21 bits per heavy atom. The third-order valence-corrected chi connectivity index (χ3v) is 5.08. The Morgan fingerprint density at radius 3 is 2.84 bits per heavy atom. The zero-order chi connectivity index (χ0) is 13.2. The van der Waals surface area contributed by atoms with Crippen molar-refractivity contribution >= 4 is 17.0 Å². The van der Waals surface area contributed by atoms with Crippen LogP contribution < -0.4 is 5.73 Å². The highest BCUT2D eigenvalue weighted by molar-refractivity contribution is 7.11. The standard InChI is InChI=1S/C16H20N2S/c1-11-6-7-12(10-13(11)17)8-9-16-18-14-4-2-3-5-15(14)19-16/h6-7,10H,2-5,8-9,17H2,1H3. The summed E-state index contributed by atoms with van der Waals surface area (Å²) >= 11 is 1.92. The van der Waals surface area contributed by atoms with Crippen LogP contribution in [0.1, 0.15) is 39.5 Å². The van der Waals surface area contributed by atoms with Gasteiger partial charge in [-0.3, -0.25) is 0 Å². The molecule has 1 aliphatic rings. The number of benzene rings is 1. The van der Waals surface area contributed by atoms with Crippen LogP contribution in [0.25, 0.3) is 0 Å². The summed E-state index contributed by atoms with van der Waals surface area (Å²) in [5.41, 5.74) is 10.7. The number of nitrogen functional groups attached to an aromatic ring is 1. The van der Waals surface area contributed by atoms with Crippen LogP contribution in [0.5, 0.6) is 0 Å². The highest BCUT2D eigenvalue weighted by Crippen LogP contribution is 2.27. The predicted molar refractivity (Wildman–Crippen MR) is 81.8 cm³/mol. The normalized spacial score (nSPS) is 14.4. The van der Waals surface area contributed by atoms with Crippen molar-refractivity contribution in [2.75, 3.05) is 5.73 Å². The maximum atomic E-state index is 5.96.